The van der Waals surface area contributed by atoms with Crippen molar-refractivity contribution in [2.45, 2.75) is 14.1 Å². The molecule has 0 heterocycles. The van der Waals surface area contributed by atoms with Crippen LogP contribution >= 0.6 is 81.2 Å². The lowest BCUT2D eigenvalue weighted by Crippen LogP contribution is -2.68. The van der Waals surface area contributed by atoms with Crippen molar-refractivity contribution in [1.29, 1.82) is 0 Å². The van der Waals surface area contributed by atoms with Gasteiger partial charge in [-0.2, -0.15) is 0 Å². The minimum atomic E-state index is -2.97. The second-order valence-electron chi connectivity index (χ2n) is 3.65. The lowest BCUT2D eigenvalue weighted by Gasteiger charge is -2.47. The zero-order chi connectivity index (χ0) is 16.1. The number of hydrogen-bond acceptors (Lipinski definition) is 2. The third kappa shape index (κ3) is 2.04. The van der Waals surface area contributed by atoms with E-state index in [1.807, 2.05) is 0 Å². The van der Waals surface area contributed by atoms with Gasteiger partial charge in [0.25, 0.3) is 0 Å². The van der Waals surface area contributed by atoms with Crippen LogP contribution in [-0.2, 0) is 9.59 Å². The molecule has 0 saturated heterocycles. The maximum atomic E-state index is 11.5. The Bertz CT molecular complexity index is 554. The fourth-order valence-electron chi connectivity index (χ4n) is 1.60. The van der Waals surface area contributed by atoms with Crippen LogP contribution in [0.15, 0.2) is 21.2 Å². The second kappa shape index (κ2) is 5.58. The number of alkyl halides is 4. The van der Waals surface area contributed by atoms with Gasteiger partial charge in [0.2, 0.25) is 9.75 Å². The molecule has 4 nitrogen and oxygen atoms in total. The average molecular weight is 423 g/mol. The molecule has 0 spiro atoms. The molecule has 11 heteroatoms. The van der Waals surface area contributed by atoms with E-state index in [9.17, 15) is 19.8 Å². The van der Waals surface area contributed by atoms with Crippen LogP contribution in [0.3, 0.4) is 0 Å². The third-order valence-corrected chi connectivity index (χ3v) is 6.58. The highest BCUT2D eigenvalue weighted by molar-refractivity contribution is 6.66. The molecule has 1 rings (SSSR count). The average Bonchev–Trinajstić information content (AvgIpc) is 2.33. The molecule has 0 radical (unpaired) electrons. The van der Waals surface area contributed by atoms with Crippen molar-refractivity contribution in [3.05, 3.63) is 21.2 Å². The number of carboxylic acids is 2. The fourth-order valence-corrected chi connectivity index (χ4v) is 4.33. The molecule has 20 heavy (non-hydrogen) atoms. The molecule has 0 fully saturated rings. The molecule has 0 bridgehead atoms. The summed E-state index contributed by atoms with van der Waals surface area (Å²) in [5.74, 6) is -3.81. The van der Waals surface area contributed by atoms with E-state index in [1.165, 1.54) is 0 Å². The van der Waals surface area contributed by atoms with E-state index in [-0.39, 0.29) is 5.57 Å². The monoisotopic (exact) mass is 420 g/mol. The van der Waals surface area contributed by atoms with Gasteiger partial charge < -0.3 is 10.2 Å². The summed E-state index contributed by atoms with van der Waals surface area (Å²) in [7, 11) is 0. The van der Waals surface area contributed by atoms with Gasteiger partial charge in [-0.15, -0.1) is 0 Å². The van der Waals surface area contributed by atoms with E-state index in [2.05, 4.69) is 0 Å². The number of aliphatic carboxylic acids is 2. The SMILES string of the molecule is O=C(O)C1(Cl)C(Cl)=C(Cl)/C(=C\Cl)C(Cl)(Cl)C1(Cl)C(=O)O. The van der Waals surface area contributed by atoms with E-state index in [0.29, 0.717) is 0 Å². The molecule has 0 amide bonds. The number of allylic oxidation sites excluding steroid dienone is 2. The van der Waals surface area contributed by atoms with Gasteiger partial charge in [-0.25, -0.2) is 4.79 Å². The van der Waals surface area contributed by atoms with E-state index in [1.54, 1.807) is 0 Å². The Kier molecular flexibility index (Phi) is 5.16. The molecule has 2 N–H and O–H groups in total. The van der Waals surface area contributed by atoms with Crippen molar-refractivity contribution in [3.8, 4) is 0 Å². The number of carboxylic acid groups (broad SMARTS) is 2. The first-order chi connectivity index (χ1) is 8.90. The van der Waals surface area contributed by atoms with Crippen LogP contribution in [0, 0.1) is 0 Å². The minimum absolute atomic E-state index is 0.385. The Hall–Kier alpha value is 0.450. The zero-order valence-electron chi connectivity index (χ0n) is 8.93. The van der Waals surface area contributed by atoms with Gasteiger partial charge >= 0.3 is 11.9 Å². The molecule has 1 aliphatic rings. The van der Waals surface area contributed by atoms with Crippen molar-refractivity contribution < 1.29 is 19.8 Å². The maximum Gasteiger partial charge on any atom is 0.333 e. The smallest absolute Gasteiger partial charge is 0.333 e. The lowest BCUT2D eigenvalue weighted by atomic mass is 9.79. The van der Waals surface area contributed by atoms with Crippen LogP contribution < -0.4 is 0 Å². The summed E-state index contributed by atoms with van der Waals surface area (Å²) >= 11 is 40.6. The van der Waals surface area contributed by atoms with E-state index >= 15 is 0 Å². The second-order valence-corrected chi connectivity index (χ2v) is 7.09. The normalized spacial score (nSPS) is 35.2. The van der Waals surface area contributed by atoms with E-state index in [0.717, 1.165) is 5.54 Å². The van der Waals surface area contributed by atoms with Gasteiger partial charge in [0.1, 0.15) is 0 Å². The first-order valence-electron chi connectivity index (χ1n) is 4.50. The van der Waals surface area contributed by atoms with Crippen LogP contribution in [-0.4, -0.2) is 36.2 Å². The largest absolute Gasteiger partial charge is 0.480 e. The number of rotatable bonds is 2. The predicted molar refractivity (Wildman–Crippen MR) is 79.5 cm³/mol. The molecular weight excluding hydrogens is 420 g/mol. The molecule has 0 aromatic rings. The lowest BCUT2D eigenvalue weighted by molar-refractivity contribution is -0.149. The molecule has 0 aromatic heterocycles. The molecule has 2 unspecified atom stereocenters. The van der Waals surface area contributed by atoms with Gasteiger partial charge in [0, 0.05) is 11.1 Å². The fraction of sp³-hybridized carbons (Fsp3) is 0.333. The maximum absolute atomic E-state index is 11.5. The summed E-state index contributed by atoms with van der Waals surface area (Å²) in [5.41, 5.74) is 0.354. The molecule has 1 aliphatic carbocycles. The Labute approximate surface area is 147 Å². The van der Waals surface area contributed by atoms with Crippen molar-refractivity contribution >= 4 is 93.1 Å². The summed E-state index contributed by atoms with van der Waals surface area (Å²) in [6, 6.07) is 0. The first kappa shape index (κ1) is 18.5. The third-order valence-electron chi connectivity index (χ3n) is 2.68. The van der Waals surface area contributed by atoms with Crippen LogP contribution in [0.5, 0.6) is 0 Å². The van der Waals surface area contributed by atoms with Crippen LogP contribution in [0.1, 0.15) is 0 Å². The van der Waals surface area contributed by atoms with Crippen molar-refractivity contribution in [1.82, 2.24) is 0 Å². The zero-order valence-corrected chi connectivity index (χ0v) is 14.2. The van der Waals surface area contributed by atoms with Crippen molar-refractivity contribution in [2.24, 2.45) is 0 Å². The molecule has 112 valence electrons. The van der Waals surface area contributed by atoms with Gasteiger partial charge in [-0.1, -0.05) is 81.2 Å². The Morgan fingerprint density at radius 1 is 1.00 bits per heavy atom. The molecular formula is C9H3Cl7O4. The quantitative estimate of drug-likeness (QED) is 0.656. The molecule has 0 aliphatic heterocycles. The highest BCUT2D eigenvalue weighted by atomic mass is 35.5. The Morgan fingerprint density at radius 2 is 1.45 bits per heavy atom. The number of halogens is 7. The first-order valence-corrected chi connectivity index (χ1v) is 7.20. The van der Waals surface area contributed by atoms with E-state index < -0.39 is 36.1 Å². The van der Waals surface area contributed by atoms with Crippen molar-refractivity contribution in [3.63, 3.8) is 0 Å². The summed E-state index contributed by atoms with van der Waals surface area (Å²) in [6.45, 7) is 0. The summed E-state index contributed by atoms with van der Waals surface area (Å²) in [6.07, 6.45) is 0. The summed E-state index contributed by atoms with van der Waals surface area (Å²) in [5, 5.41) is 17.3. The summed E-state index contributed by atoms with van der Waals surface area (Å²) in [4.78, 5) is 17.0. The Balaban J connectivity index is 3.97. The number of hydrogen-bond donors (Lipinski definition) is 2. The van der Waals surface area contributed by atoms with Crippen LogP contribution in [0.2, 0.25) is 0 Å². The molecule has 0 aromatic carbocycles. The standard InChI is InChI=1S/C9H3Cl7O4/c10-1-2-3(11)4(12)7(13,5(17)18)8(14,6(19)20)9(2,15)16/h1H,(H,17,18)(H,19,20)/b2-1+. The highest BCUT2D eigenvalue weighted by Crippen LogP contribution is 2.62. The van der Waals surface area contributed by atoms with Gasteiger partial charge in [0.15, 0.2) is 4.33 Å². The van der Waals surface area contributed by atoms with Crippen LogP contribution in [0.4, 0.5) is 0 Å². The highest BCUT2D eigenvalue weighted by Gasteiger charge is 2.76. The number of carbonyl (C=O) groups is 2. The summed E-state index contributed by atoms with van der Waals surface area (Å²) < 4.78 is -2.56. The van der Waals surface area contributed by atoms with Gasteiger partial charge in [-0.3, -0.25) is 4.79 Å². The topological polar surface area (TPSA) is 74.6 Å². The molecule has 0 saturated carbocycles. The predicted octanol–water partition coefficient (Wildman–Crippen LogP) is 4.11. The molecule has 2 atom stereocenters. The minimum Gasteiger partial charge on any atom is -0.480 e. The van der Waals surface area contributed by atoms with Gasteiger partial charge in [-0.05, 0) is 0 Å². The van der Waals surface area contributed by atoms with E-state index in [4.69, 9.17) is 81.2 Å². The van der Waals surface area contributed by atoms with Gasteiger partial charge in [0.05, 0.1) is 10.1 Å². The Morgan fingerprint density at radius 3 is 1.75 bits per heavy atom. The van der Waals surface area contributed by atoms with Crippen molar-refractivity contribution in [2.75, 3.05) is 0 Å². The van der Waals surface area contributed by atoms with Crippen LogP contribution in [0.25, 0.3) is 0 Å².